The molecule has 2 N–H and O–H groups in total. The number of benzene rings is 1. The van der Waals surface area contributed by atoms with Crippen LogP contribution in [-0.2, 0) is 35.2 Å². The van der Waals surface area contributed by atoms with Gasteiger partial charge in [0.1, 0.15) is 12.7 Å². The number of amides is 1. The van der Waals surface area contributed by atoms with Gasteiger partial charge in [0.05, 0.1) is 17.9 Å². The van der Waals surface area contributed by atoms with Gasteiger partial charge in [0, 0.05) is 42.5 Å². The quantitative estimate of drug-likeness (QED) is 0.200. The topological polar surface area (TPSA) is 130 Å². The molecule has 0 heterocycles. The van der Waals surface area contributed by atoms with Crippen molar-refractivity contribution in [2.24, 2.45) is 56.2 Å². The third-order valence-electron chi connectivity index (χ3n) is 16.8. The molecular formula is C47H68ClNO8. The van der Waals surface area contributed by atoms with Crippen LogP contribution in [0.1, 0.15) is 132 Å². The van der Waals surface area contributed by atoms with Gasteiger partial charge in [0.25, 0.3) is 0 Å². The molecule has 6 rings (SSSR count). The molecule has 1 aromatic carbocycles. The first-order chi connectivity index (χ1) is 26.5. The molecule has 0 radical (unpaired) electrons. The van der Waals surface area contributed by atoms with E-state index in [0.717, 1.165) is 56.1 Å². The molecular weight excluding hydrogens is 742 g/mol. The number of carboxylic acids is 1. The van der Waals surface area contributed by atoms with Crippen LogP contribution in [0.2, 0.25) is 5.02 Å². The van der Waals surface area contributed by atoms with E-state index in [1.165, 1.54) is 12.7 Å². The van der Waals surface area contributed by atoms with Crippen LogP contribution in [0.3, 0.4) is 0 Å². The first-order valence-corrected chi connectivity index (χ1v) is 21.8. The third-order valence-corrected chi connectivity index (χ3v) is 17.1. The molecule has 0 aliphatic heterocycles. The van der Waals surface area contributed by atoms with Crippen LogP contribution in [0, 0.1) is 56.2 Å². The molecule has 5 aliphatic carbocycles. The second-order valence-corrected chi connectivity index (χ2v) is 21.3. The lowest BCUT2D eigenvalue weighted by Crippen LogP contribution is -2.66. The van der Waals surface area contributed by atoms with Crippen molar-refractivity contribution in [2.75, 3.05) is 20.3 Å². The van der Waals surface area contributed by atoms with Crippen LogP contribution in [0.4, 0.5) is 0 Å². The minimum absolute atomic E-state index is 0.00635. The second kappa shape index (κ2) is 15.4. The molecule has 4 saturated carbocycles. The molecule has 4 fully saturated rings. The van der Waals surface area contributed by atoms with Crippen molar-refractivity contribution in [1.29, 1.82) is 0 Å². The number of fused-ring (bicyclic) bond motifs is 7. The SMILES string of the molecule is COCC(=O)N(Cc1ccc(Cl)cc1)CC(O)C12CCC3(C)C(CCC4C5(C)CCC(OC(=O)CC(C)(C)C(=O)O)C(C)(C)C5CCC43C)C1=C(C(C)C)C(=O)C2. The van der Waals surface area contributed by atoms with Gasteiger partial charge in [-0.1, -0.05) is 77.8 Å². The molecule has 9 atom stereocenters. The number of ether oxygens (including phenoxy) is 2. The molecule has 0 spiro atoms. The van der Waals surface area contributed by atoms with E-state index in [1.54, 1.807) is 30.9 Å². The van der Waals surface area contributed by atoms with Crippen molar-refractivity contribution < 1.29 is 38.9 Å². The Kier molecular flexibility index (Phi) is 11.8. The Labute approximate surface area is 345 Å². The van der Waals surface area contributed by atoms with E-state index < -0.39 is 28.9 Å². The summed E-state index contributed by atoms with van der Waals surface area (Å²) in [7, 11) is 1.50. The van der Waals surface area contributed by atoms with Crippen LogP contribution in [-0.4, -0.2) is 71.2 Å². The fourth-order valence-electron chi connectivity index (χ4n) is 13.6. The molecule has 316 valence electrons. The van der Waals surface area contributed by atoms with Gasteiger partial charge in [-0.15, -0.1) is 0 Å². The highest BCUT2D eigenvalue weighted by molar-refractivity contribution is 6.30. The number of nitrogens with zero attached hydrogens (tertiary/aromatic N) is 1. The molecule has 1 aromatic rings. The average molecular weight is 811 g/mol. The summed E-state index contributed by atoms with van der Waals surface area (Å²) < 4.78 is 11.4. The Bertz CT molecular complexity index is 1780. The smallest absolute Gasteiger partial charge is 0.309 e. The van der Waals surface area contributed by atoms with E-state index in [1.807, 2.05) is 12.1 Å². The van der Waals surface area contributed by atoms with E-state index in [-0.39, 0.29) is 77.3 Å². The zero-order valence-corrected chi connectivity index (χ0v) is 36.9. The number of carbonyl (C=O) groups excluding carboxylic acids is 3. The summed E-state index contributed by atoms with van der Waals surface area (Å²) in [4.78, 5) is 54.4. The third kappa shape index (κ3) is 7.21. The van der Waals surface area contributed by atoms with Crippen LogP contribution in [0.15, 0.2) is 35.4 Å². The largest absolute Gasteiger partial charge is 0.481 e. The Hall–Kier alpha value is -2.75. The summed E-state index contributed by atoms with van der Waals surface area (Å²) in [6.07, 6.45) is 6.13. The number of hydrogen-bond donors (Lipinski definition) is 2. The minimum Gasteiger partial charge on any atom is -0.481 e. The predicted octanol–water partition coefficient (Wildman–Crippen LogP) is 9.07. The number of ketones is 1. The molecule has 5 aliphatic rings. The first-order valence-electron chi connectivity index (χ1n) is 21.4. The predicted molar refractivity (Wildman–Crippen MR) is 220 cm³/mol. The van der Waals surface area contributed by atoms with Gasteiger partial charge in [-0.3, -0.25) is 19.2 Å². The maximum atomic E-state index is 14.3. The van der Waals surface area contributed by atoms with Crippen molar-refractivity contribution >= 4 is 35.2 Å². The number of rotatable bonds is 12. The van der Waals surface area contributed by atoms with Crippen LogP contribution >= 0.6 is 11.6 Å². The van der Waals surface area contributed by atoms with Crippen LogP contribution in [0.5, 0.6) is 0 Å². The molecule has 0 aromatic heterocycles. The normalized spacial score (nSPS) is 35.1. The van der Waals surface area contributed by atoms with Crippen molar-refractivity contribution in [3.8, 4) is 0 Å². The minimum atomic E-state index is -1.19. The first kappa shape index (κ1) is 43.8. The van der Waals surface area contributed by atoms with Gasteiger partial charge in [-0.2, -0.15) is 0 Å². The van der Waals surface area contributed by atoms with Gasteiger partial charge < -0.3 is 24.6 Å². The van der Waals surface area contributed by atoms with Gasteiger partial charge in [0.15, 0.2) is 5.78 Å². The number of carboxylic acid groups (broad SMARTS) is 1. The summed E-state index contributed by atoms with van der Waals surface area (Å²) in [5.41, 5.74) is 0.615. The summed E-state index contributed by atoms with van der Waals surface area (Å²) in [6.45, 7) is 19.6. The Balaban J connectivity index is 1.30. The molecule has 0 bridgehead atoms. The fourth-order valence-corrected chi connectivity index (χ4v) is 13.7. The number of carbonyl (C=O) groups is 4. The number of aliphatic hydroxyl groups is 1. The number of Topliss-reactive ketones (excluding diaryl/α,β-unsaturated/α-hetero) is 1. The van der Waals surface area contributed by atoms with Gasteiger partial charge in [-0.25, -0.2) is 0 Å². The number of aliphatic carboxylic acids is 1. The number of aliphatic hydroxyl groups excluding tert-OH is 1. The number of allylic oxidation sites excluding steroid dienone is 1. The van der Waals surface area contributed by atoms with E-state index >= 15 is 0 Å². The van der Waals surface area contributed by atoms with Gasteiger partial charge >= 0.3 is 11.9 Å². The van der Waals surface area contributed by atoms with Crippen molar-refractivity contribution in [3.63, 3.8) is 0 Å². The Morgan fingerprint density at radius 2 is 1.60 bits per heavy atom. The summed E-state index contributed by atoms with van der Waals surface area (Å²) in [6, 6.07) is 7.39. The standard InChI is InChI=1S/C47H68ClNO8/c1-28(2)39-32(50)23-47(35(51)26-49(37(52)27-56-10)25-29-11-13-30(48)14-12-29)22-21-45(8)31(40(39)47)15-16-34-44(7)19-18-36(57-38(53)24-42(3,4)41(54)55)43(5,6)33(44)17-20-46(34,45)9/h11-14,28,31,33-36,51H,15-27H2,1-10H3,(H,54,55). The summed E-state index contributed by atoms with van der Waals surface area (Å²) in [5, 5.41) is 22.8. The maximum Gasteiger partial charge on any atom is 0.309 e. The Morgan fingerprint density at radius 1 is 0.930 bits per heavy atom. The lowest BCUT2D eigenvalue weighted by molar-refractivity contribution is -0.235. The van der Waals surface area contributed by atoms with Crippen LogP contribution < -0.4 is 0 Å². The molecule has 9 nitrogen and oxygen atoms in total. The number of methoxy groups -OCH3 is 1. The van der Waals surface area contributed by atoms with Crippen molar-refractivity contribution in [3.05, 3.63) is 46.0 Å². The maximum absolute atomic E-state index is 14.3. The fraction of sp³-hybridized carbons (Fsp3) is 0.745. The van der Waals surface area contributed by atoms with Gasteiger partial charge in [0.2, 0.25) is 5.91 Å². The van der Waals surface area contributed by atoms with Crippen LogP contribution in [0.25, 0.3) is 0 Å². The highest BCUT2D eigenvalue weighted by Crippen LogP contribution is 2.77. The highest BCUT2D eigenvalue weighted by Gasteiger charge is 2.71. The molecule has 57 heavy (non-hydrogen) atoms. The summed E-state index contributed by atoms with van der Waals surface area (Å²) >= 11 is 6.17. The number of hydrogen-bond acceptors (Lipinski definition) is 7. The summed E-state index contributed by atoms with van der Waals surface area (Å²) in [5.74, 6) is -0.630. The van der Waals surface area contributed by atoms with E-state index in [9.17, 15) is 29.4 Å². The molecule has 9 unspecified atom stereocenters. The van der Waals surface area contributed by atoms with Crippen molar-refractivity contribution in [2.45, 2.75) is 145 Å². The monoisotopic (exact) mass is 809 g/mol. The average Bonchev–Trinajstić information content (AvgIpc) is 3.43. The van der Waals surface area contributed by atoms with Gasteiger partial charge in [-0.05, 0) is 128 Å². The van der Waals surface area contributed by atoms with E-state index in [0.29, 0.717) is 29.8 Å². The van der Waals surface area contributed by atoms with E-state index in [2.05, 4.69) is 48.5 Å². The zero-order chi connectivity index (χ0) is 42.1. The molecule has 1 amide bonds. The zero-order valence-electron chi connectivity index (χ0n) is 36.1. The molecule has 10 heteroatoms. The number of halogens is 1. The highest BCUT2D eigenvalue weighted by atomic mass is 35.5. The molecule has 0 saturated heterocycles. The Morgan fingerprint density at radius 3 is 2.21 bits per heavy atom. The lowest BCUT2D eigenvalue weighted by Gasteiger charge is -2.72. The lowest BCUT2D eigenvalue weighted by atomic mass is 9.33. The van der Waals surface area contributed by atoms with E-state index in [4.69, 9.17) is 21.1 Å². The number of esters is 1. The van der Waals surface area contributed by atoms with Crippen molar-refractivity contribution in [1.82, 2.24) is 4.90 Å². The second-order valence-electron chi connectivity index (χ2n) is 20.9.